The number of rotatable bonds is 3. The molecule has 1 aliphatic heterocycles. The van der Waals surface area contributed by atoms with Gasteiger partial charge < -0.3 is 14.7 Å². The van der Waals surface area contributed by atoms with Crippen LogP contribution in [0.1, 0.15) is 33.1 Å². The number of carbonyl (C=O) groups is 3. The van der Waals surface area contributed by atoms with Crippen LogP contribution in [0.2, 0.25) is 0 Å². The van der Waals surface area contributed by atoms with Crippen LogP contribution in [0, 0.1) is 0 Å². The minimum Gasteiger partial charge on any atom is -0.479 e. The lowest BCUT2D eigenvalue weighted by Crippen LogP contribution is -2.64. The molecule has 6 heteroatoms. The Labute approximate surface area is 99.5 Å². The fourth-order valence-corrected chi connectivity index (χ4v) is 2.18. The number of piperidine rings is 1. The van der Waals surface area contributed by atoms with E-state index in [1.54, 1.807) is 6.92 Å². The van der Waals surface area contributed by atoms with Gasteiger partial charge in [-0.05, 0) is 26.2 Å². The number of carboxylic acid groups (broad SMARTS) is 1. The normalized spacial score (nSPS) is 24.2. The molecule has 0 saturated carbocycles. The minimum absolute atomic E-state index is 0.0968. The summed E-state index contributed by atoms with van der Waals surface area (Å²) in [5.74, 6) is -2.58. The topological polar surface area (TPSA) is 83.9 Å². The van der Waals surface area contributed by atoms with Gasteiger partial charge in [0.15, 0.2) is 0 Å². The average molecular weight is 243 g/mol. The number of nitrogens with zero attached hydrogens (tertiary/aromatic N) is 1. The molecule has 0 aromatic carbocycles. The Bertz CT molecular complexity index is 341. The van der Waals surface area contributed by atoms with Gasteiger partial charge in [0.25, 0.3) is 0 Å². The van der Waals surface area contributed by atoms with E-state index in [0.717, 1.165) is 4.90 Å². The van der Waals surface area contributed by atoms with Crippen LogP contribution >= 0.6 is 0 Å². The zero-order valence-electron chi connectivity index (χ0n) is 10.1. The molecule has 0 radical (unpaired) electrons. The van der Waals surface area contributed by atoms with Gasteiger partial charge in [-0.3, -0.25) is 4.79 Å². The Balaban J connectivity index is 3.14. The van der Waals surface area contributed by atoms with Crippen molar-refractivity contribution in [2.75, 3.05) is 13.2 Å². The van der Waals surface area contributed by atoms with E-state index in [1.165, 1.54) is 6.92 Å². The molecular formula is C11H17NO5. The molecule has 1 saturated heterocycles. The second-order valence-electron chi connectivity index (χ2n) is 4.01. The van der Waals surface area contributed by atoms with Gasteiger partial charge in [-0.25, -0.2) is 9.59 Å². The van der Waals surface area contributed by atoms with Crippen LogP contribution in [-0.2, 0) is 19.1 Å². The van der Waals surface area contributed by atoms with E-state index in [1.807, 2.05) is 0 Å². The fraction of sp³-hybridized carbons (Fsp3) is 0.727. The van der Waals surface area contributed by atoms with Crippen molar-refractivity contribution < 1.29 is 24.2 Å². The molecule has 1 amide bonds. The lowest BCUT2D eigenvalue weighted by atomic mass is 9.86. The minimum atomic E-state index is -1.83. The van der Waals surface area contributed by atoms with Gasteiger partial charge in [0.1, 0.15) is 0 Å². The van der Waals surface area contributed by atoms with Crippen LogP contribution in [0.3, 0.4) is 0 Å². The van der Waals surface area contributed by atoms with Gasteiger partial charge in [-0.2, -0.15) is 0 Å². The summed E-state index contributed by atoms with van der Waals surface area (Å²) in [7, 11) is 0. The Kier molecular flexibility index (Phi) is 4.09. The van der Waals surface area contributed by atoms with Crippen LogP contribution in [0.4, 0.5) is 0 Å². The van der Waals surface area contributed by atoms with Crippen LogP contribution in [0.15, 0.2) is 0 Å². The van der Waals surface area contributed by atoms with Gasteiger partial charge in [-0.1, -0.05) is 0 Å². The summed E-state index contributed by atoms with van der Waals surface area (Å²) in [5, 5.41) is 9.31. The molecule has 96 valence electrons. The molecule has 0 unspecified atom stereocenters. The molecule has 1 atom stereocenters. The van der Waals surface area contributed by atoms with Crippen molar-refractivity contribution in [3.63, 3.8) is 0 Å². The van der Waals surface area contributed by atoms with Gasteiger partial charge >= 0.3 is 11.9 Å². The highest BCUT2D eigenvalue weighted by atomic mass is 16.5. The number of carbonyl (C=O) groups excluding carboxylic acids is 2. The van der Waals surface area contributed by atoms with Gasteiger partial charge in [0, 0.05) is 13.5 Å². The first-order valence-electron chi connectivity index (χ1n) is 5.65. The molecular weight excluding hydrogens is 226 g/mol. The monoisotopic (exact) mass is 243 g/mol. The largest absolute Gasteiger partial charge is 0.479 e. The lowest BCUT2D eigenvalue weighted by molar-refractivity contribution is -0.178. The highest BCUT2D eigenvalue weighted by Crippen LogP contribution is 2.30. The number of hydrogen-bond acceptors (Lipinski definition) is 4. The third kappa shape index (κ3) is 2.25. The zero-order chi connectivity index (χ0) is 13.1. The molecule has 6 nitrogen and oxygen atoms in total. The molecule has 1 aliphatic rings. The maximum Gasteiger partial charge on any atom is 0.343 e. The molecule has 1 fully saturated rings. The van der Waals surface area contributed by atoms with E-state index in [-0.39, 0.29) is 19.6 Å². The Morgan fingerprint density at radius 2 is 2.00 bits per heavy atom. The van der Waals surface area contributed by atoms with Crippen molar-refractivity contribution >= 4 is 17.8 Å². The number of esters is 1. The molecule has 0 spiro atoms. The number of ether oxygens (including phenoxy) is 1. The van der Waals surface area contributed by atoms with E-state index in [0.29, 0.717) is 12.8 Å². The van der Waals surface area contributed by atoms with Crippen molar-refractivity contribution in [1.29, 1.82) is 0 Å². The van der Waals surface area contributed by atoms with Crippen LogP contribution in [0.5, 0.6) is 0 Å². The van der Waals surface area contributed by atoms with Gasteiger partial charge in [0.2, 0.25) is 11.4 Å². The van der Waals surface area contributed by atoms with Crippen molar-refractivity contribution in [2.24, 2.45) is 0 Å². The predicted molar refractivity (Wildman–Crippen MR) is 58.2 cm³/mol. The van der Waals surface area contributed by atoms with E-state index >= 15 is 0 Å². The second-order valence-corrected chi connectivity index (χ2v) is 4.01. The fourth-order valence-electron chi connectivity index (χ4n) is 2.18. The maximum absolute atomic E-state index is 11.9. The molecule has 0 aromatic rings. The number of amides is 1. The summed E-state index contributed by atoms with van der Waals surface area (Å²) in [6.07, 6.45) is 1.41. The highest BCUT2D eigenvalue weighted by Gasteiger charge is 2.54. The first kappa shape index (κ1) is 13.5. The standard InChI is InChI=1S/C11H17NO5/c1-3-17-10(16)11(9(14)15)6-4-5-7-12(11)8(2)13/h3-7H2,1-2H3,(H,14,15)/t11-/m1/s1. The number of aliphatic carboxylic acids is 1. The highest BCUT2D eigenvalue weighted by molar-refractivity contribution is 6.07. The smallest absolute Gasteiger partial charge is 0.343 e. The Hall–Kier alpha value is -1.59. The summed E-state index contributed by atoms with van der Waals surface area (Å²) in [6, 6.07) is 0. The van der Waals surface area contributed by atoms with Crippen molar-refractivity contribution in [1.82, 2.24) is 4.90 Å². The molecule has 1 heterocycles. The average Bonchev–Trinajstić information content (AvgIpc) is 2.28. The first-order valence-corrected chi connectivity index (χ1v) is 5.65. The Morgan fingerprint density at radius 3 is 2.47 bits per heavy atom. The van der Waals surface area contributed by atoms with Crippen molar-refractivity contribution in [3.05, 3.63) is 0 Å². The molecule has 0 bridgehead atoms. The predicted octanol–water partition coefficient (Wildman–Crippen LogP) is 0.405. The van der Waals surface area contributed by atoms with E-state index < -0.39 is 23.4 Å². The van der Waals surface area contributed by atoms with Gasteiger partial charge in [-0.15, -0.1) is 0 Å². The lowest BCUT2D eigenvalue weighted by Gasteiger charge is -2.41. The molecule has 1 rings (SSSR count). The van der Waals surface area contributed by atoms with Crippen molar-refractivity contribution in [3.8, 4) is 0 Å². The van der Waals surface area contributed by atoms with E-state index in [4.69, 9.17) is 4.74 Å². The summed E-state index contributed by atoms with van der Waals surface area (Å²) >= 11 is 0. The SMILES string of the molecule is CCOC(=O)[C@]1(C(=O)O)CCCCN1C(C)=O. The van der Waals surface area contributed by atoms with Crippen molar-refractivity contribution in [2.45, 2.75) is 38.6 Å². The van der Waals surface area contributed by atoms with E-state index in [2.05, 4.69) is 0 Å². The quantitative estimate of drug-likeness (QED) is 0.573. The number of hydrogen-bond donors (Lipinski definition) is 1. The summed E-state index contributed by atoms with van der Waals surface area (Å²) in [5.41, 5.74) is -1.83. The molecule has 0 aromatic heterocycles. The van der Waals surface area contributed by atoms with Gasteiger partial charge in [0.05, 0.1) is 6.61 Å². The molecule has 1 N–H and O–H groups in total. The molecule has 17 heavy (non-hydrogen) atoms. The second kappa shape index (κ2) is 5.16. The van der Waals surface area contributed by atoms with Crippen LogP contribution < -0.4 is 0 Å². The molecule has 0 aliphatic carbocycles. The number of carboxylic acids is 1. The summed E-state index contributed by atoms with van der Waals surface area (Å²) in [6.45, 7) is 3.25. The summed E-state index contributed by atoms with van der Waals surface area (Å²) in [4.78, 5) is 35.9. The van der Waals surface area contributed by atoms with Crippen LogP contribution in [0.25, 0.3) is 0 Å². The maximum atomic E-state index is 11.9. The third-order valence-electron chi connectivity index (χ3n) is 2.98. The first-order chi connectivity index (χ1) is 7.96. The zero-order valence-corrected chi connectivity index (χ0v) is 10.1. The third-order valence-corrected chi connectivity index (χ3v) is 2.98. The van der Waals surface area contributed by atoms with E-state index in [9.17, 15) is 19.5 Å². The Morgan fingerprint density at radius 1 is 1.35 bits per heavy atom. The number of likely N-dealkylation sites (tertiary alicyclic amines) is 1. The summed E-state index contributed by atoms with van der Waals surface area (Å²) < 4.78 is 4.81. The van der Waals surface area contributed by atoms with Crippen LogP contribution in [-0.4, -0.2) is 46.5 Å².